The second kappa shape index (κ2) is 8.99. The SMILES string of the molecule is O=[N+]([O-])C1=CCC(Oc2c(Cl)cc(S(=O)(=O)Nc3cccc(F)c3F)cc2Cl)C(Cl)=C1. The fraction of sp³-hybridized carbons (Fsp3) is 0.111. The number of nitrogens with one attached hydrogen (secondary N) is 1. The first-order valence-corrected chi connectivity index (χ1v) is 11.0. The number of sulfonamides is 1. The van der Waals surface area contributed by atoms with Gasteiger partial charge in [0.15, 0.2) is 17.4 Å². The van der Waals surface area contributed by atoms with Crippen molar-refractivity contribution in [2.45, 2.75) is 17.4 Å². The maximum absolute atomic E-state index is 13.8. The number of anilines is 1. The summed E-state index contributed by atoms with van der Waals surface area (Å²) in [6, 6.07) is 5.01. The zero-order chi connectivity index (χ0) is 22.9. The average Bonchev–Trinajstić information content (AvgIpc) is 2.68. The summed E-state index contributed by atoms with van der Waals surface area (Å²) >= 11 is 18.3. The molecule has 1 unspecified atom stereocenters. The normalized spacial score (nSPS) is 16.4. The molecular weight excluding hydrogens is 501 g/mol. The number of nitrogens with zero attached hydrogens (tertiary/aromatic N) is 1. The Morgan fingerprint density at radius 2 is 1.81 bits per heavy atom. The highest BCUT2D eigenvalue weighted by molar-refractivity contribution is 7.92. The lowest BCUT2D eigenvalue weighted by Gasteiger charge is -2.21. The number of benzene rings is 2. The maximum Gasteiger partial charge on any atom is 0.266 e. The molecule has 0 amide bonds. The zero-order valence-electron chi connectivity index (χ0n) is 15.1. The quantitative estimate of drug-likeness (QED) is 0.407. The van der Waals surface area contributed by atoms with Gasteiger partial charge < -0.3 is 4.74 Å². The average molecular weight is 512 g/mol. The first kappa shape index (κ1) is 23.3. The second-order valence-corrected chi connectivity index (χ2v) is 9.11. The number of halogens is 5. The summed E-state index contributed by atoms with van der Waals surface area (Å²) < 4.78 is 59.8. The molecule has 0 spiro atoms. The van der Waals surface area contributed by atoms with Gasteiger partial charge >= 0.3 is 0 Å². The topological polar surface area (TPSA) is 98.5 Å². The number of nitro groups is 1. The van der Waals surface area contributed by atoms with Crippen LogP contribution in [0.2, 0.25) is 10.0 Å². The van der Waals surface area contributed by atoms with Crippen molar-refractivity contribution >= 4 is 50.5 Å². The van der Waals surface area contributed by atoms with E-state index in [1.165, 1.54) is 6.08 Å². The highest BCUT2D eigenvalue weighted by Crippen LogP contribution is 2.39. The van der Waals surface area contributed by atoms with Crippen molar-refractivity contribution in [3.8, 4) is 5.75 Å². The summed E-state index contributed by atoms with van der Waals surface area (Å²) in [5, 5.41) is 10.4. The van der Waals surface area contributed by atoms with E-state index in [0.717, 1.165) is 36.4 Å². The van der Waals surface area contributed by atoms with Crippen LogP contribution in [0.5, 0.6) is 5.75 Å². The van der Waals surface area contributed by atoms with E-state index in [-0.39, 0.29) is 32.9 Å². The molecular formula is C18H11Cl3F2N2O5S. The smallest absolute Gasteiger partial charge is 0.266 e. The minimum absolute atomic E-state index is 0.0290. The Morgan fingerprint density at radius 1 is 1.16 bits per heavy atom. The lowest BCUT2D eigenvalue weighted by atomic mass is 10.1. The van der Waals surface area contributed by atoms with Crippen LogP contribution in [0.25, 0.3) is 0 Å². The standard InChI is InChI=1S/C18H11Cl3F2N2O5S/c19-11-6-9(25(26)27)4-5-16(11)30-18-12(20)7-10(8-13(18)21)31(28,29)24-15-3-1-2-14(22)17(15)23/h1-4,6-8,16,24H,5H2. The van der Waals surface area contributed by atoms with Crippen LogP contribution in [0.1, 0.15) is 6.42 Å². The van der Waals surface area contributed by atoms with Crippen LogP contribution in [-0.2, 0) is 10.0 Å². The van der Waals surface area contributed by atoms with Crippen LogP contribution in [0, 0.1) is 21.7 Å². The molecule has 0 saturated heterocycles. The van der Waals surface area contributed by atoms with E-state index in [9.17, 15) is 27.3 Å². The van der Waals surface area contributed by atoms with E-state index in [1.54, 1.807) is 0 Å². The molecule has 0 aliphatic heterocycles. The van der Waals surface area contributed by atoms with E-state index >= 15 is 0 Å². The first-order chi connectivity index (χ1) is 14.5. The third-order valence-corrected chi connectivity index (χ3v) is 6.34. The number of ether oxygens (including phenoxy) is 1. The number of hydrogen-bond donors (Lipinski definition) is 1. The van der Waals surface area contributed by atoms with Gasteiger partial charge in [0, 0.05) is 12.5 Å². The van der Waals surface area contributed by atoms with Crippen molar-refractivity contribution < 1.29 is 26.9 Å². The molecule has 0 aromatic heterocycles. The van der Waals surface area contributed by atoms with Crippen molar-refractivity contribution in [2.75, 3.05) is 4.72 Å². The van der Waals surface area contributed by atoms with Gasteiger partial charge in [-0.1, -0.05) is 40.9 Å². The van der Waals surface area contributed by atoms with Gasteiger partial charge in [0.05, 0.1) is 30.6 Å². The van der Waals surface area contributed by atoms with Crippen LogP contribution in [0.15, 0.2) is 58.1 Å². The molecule has 0 radical (unpaired) electrons. The molecule has 0 heterocycles. The van der Waals surface area contributed by atoms with Crippen molar-refractivity contribution in [1.29, 1.82) is 0 Å². The molecule has 2 aromatic carbocycles. The predicted molar refractivity (Wildman–Crippen MR) is 112 cm³/mol. The molecule has 1 aliphatic carbocycles. The number of rotatable bonds is 6. The van der Waals surface area contributed by atoms with Crippen LogP contribution in [0.4, 0.5) is 14.5 Å². The van der Waals surface area contributed by atoms with Gasteiger partial charge in [-0.2, -0.15) is 0 Å². The Bertz CT molecular complexity index is 1210. The predicted octanol–water partition coefficient (Wildman–Crippen LogP) is 5.51. The number of hydrogen-bond acceptors (Lipinski definition) is 5. The highest BCUT2D eigenvalue weighted by atomic mass is 35.5. The van der Waals surface area contributed by atoms with E-state index < -0.39 is 43.3 Å². The lowest BCUT2D eigenvalue weighted by molar-refractivity contribution is -0.419. The minimum Gasteiger partial charge on any atom is -0.481 e. The highest BCUT2D eigenvalue weighted by Gasteiger charge is 2.26. The molecule has 0 saturated carbocycles. The van der Waals surface area contributed by atoms with Crippen molar-refractivity contribution in [2.24, 2.45) is 0 Å². The summed E-state index contributed by atoms with van der Waals surface area (Å²) in [7, 11) is -4.38. The van der Waals surface area contributed by atoms with Gasteiger partial charge in [-0.25, -0.2) is 17.2 Å². The van der Waals surface area contributed by atoms with Crippen LogP contribution >= 0.6 is 34.8 Å². The van der Waals surface area contributed by atoms with Gasteiger partial charge in [0.1, 0.15) is 6.10 Å². The molecule has 1 aliphatic rings. The van der Waals surface area contributed by atoms with Crippen LogP contribution in [0.3, 0.4) is 0 Å². The third-order valence-electron chi connectivity index (χ3n) is 4.08. The molecule has 7 nitrogen and oxygen atoms in total. The van der Waals surface area contributed by atoms with Crippen molar-refractivity contribution in [3.05, 3.63) is 85.0 Å². The first-order valence-electron chi connectivity index (χ1n) is 8.33. The van der Waals surface area contributed by atoms with Crippen molar-refractivity contribution in [3.63, 3.8) is 0 Å². The molecule has 13 heteroatoms. The minimum atomic E-state index is -4.38. The largest absolute Gasteiger partial charge is 0.481 e. The number of allylic oxidation sites excluding steroid dienone is 1. The summed E-state index contributed by atoms with van der Waals surface area (Å²) in [6.07, 6.45) is 1.64. The molecule has 2 aromatic rings. The Balaban J connectivity index is 1.86. The fourth-order valence-electron chi connectivity index (χ4n) is 2.60. The van der Waals surface area contributed by atoms with Gasteiger partial charge in [0.2, 0.25) is 0 Å². The summed E-state index contributed by atoms with van der Waals surface area (Å²) in [4.78, 5) is 9.78. The molecule has 1 N–H and O–H groups in total. The van der Waals surface area contributed by atoms with Gasteiger partial charge in [0.25, 0.3) is 15.7 Å². The van der Waals surface area contributed by atoms with E-state index in [4.69, 9.17) is 39.5 Å². The summed E-state index contributed by atoms with van der Waals surface area (Å²) in [5.74, 6) is -2.70. The van der Waals surface area contributed by atoms with Gasteiger partial charge in [-0.15, -0.1) is 0 Å². The molecule has 0 bridgehead atoms. The molecule has 1 atom stereocenters. The Kier molecular flexibility index (Phi) is 6.75. The summed E-state index contributed by atoms with van der Waals surface area (Å²) in [6.45, 7) is 0. The maximum atomic E-state index is 13.8. The molecule has 3 rings (SSSR count). The van der Waals surface area contributed by atoms with E-state index in [0.29, 0.717) is 0 Å². The summed E-state index contributed by atoms with van der Waals surface area (Å²) in [5.41, 5.74) is -0.792. The fourth-order valence-corrected chi connectivity index (χ4v) is 4.66. The van der Waals surface area contributed by atoms with E-state index in [1.807, 2.05) is 4.72 Å². The van der Waals surface area contributed by atoms with Crippen LogP contribution in [-0.4, -0.2) is 19.4 Å². The third kappa shape index (κ3) is 5.09. The van der Waals surface area contributed by atoms with Crippen LogP contribution < -0.4 is 9.46 Å². The lowest BCUT2D eigenvalue weighted by Crippen LogP contribution is -2.20. The molecule has 0 fully saturated rings. The Morgan fingerprint density at radius 3 is 2.39 bits per heavy atom. The molecule has 31 heavy (non-hydrogen) atoms. The zero-order valence-corrected chi connectivity index (χ0v) is 18.2. The Labute approximate surface area is 190 Å². The Hall–Kier alpha value is -2.40. The molecule has 164 valence electrons. The van der Waals surface area contributed by atoms with Gasteiger partial charge in [-0.05, 0) is 30.3 Å². The second-order valence-electron chi connectivity index (χ2n) is 6.18. The monoisotopic (exact) mass is 510 g/mol. The van der Waals surface area contributed by atoms with E-state index in [2.05, 4.69) is 0 Å². The van der Waals surface area contributed by atoms with Gasteiger partial charge in [-0.3, -0.25) is 14.8 Å². The van der Waals surface area contributed by atoms with Crippen molar-refractivity contribution in [1.82, 2.24) is 0 Å².